The minimum atomic E-state index is -0.395. The molecule has 1 fully saturated rings. The molecule has 0 unspecified atom stereocenters. The van der Waals surface area contributed by atoms with Crippen molar-refractivity contribution in [3.63, 3.8) is 0 Å². The Morgan fingerprint density at radius 3 is 1.94 bits per heavy atom. The number of ether oxygens (including phenoxy) is 1. The summed E-state index contributed by atoms with van der Waals surface area (Å²) >= 11 is 0. The summed E-state index contributed by atoms with van der Waals surface area (Å²) in [6, 6.07) is 0. The lowest BCUT2D eigenvalue weighted by atomic mass is 10.1. The first-order valence-corrected chi connectivity index (χ1v) is 5.77. The third kappa shape index (κ3) is 2.16. The lowest BCUT2D eigenvalue weighted by Gasteiger charge is -2.27. The van der Waals surface area contributed by atoms with Gasteiger partial charge < -0.3 is 25.2 Å². The number of phenols is 4. The van der Waals surface area contributed by atoms with Gasteiger partial charge in [0.1, 0.15) is 0 Å². The van der Waals surface area contributed by atoms with Crippen LogP contribution < -0.4 is 0 Å². The Morgan fingerprint density at radius 1 is 0.944 bits per heavy atom. The van der Waals surface area contributed by atoms with E-state index < -0.39 is 11.5 Å². The van der Waals surface area contributed by atoms with Gasteiger partial charge in [-0.1, -0.05) is 0 Å². The van der Waals surface area contributed by atoms with Crippen LogP contribution in [-0.2, 0) is 11.3 Å². The van der Waals surface area contributed by atoms with E-state index in [0.717, 1.165) is 0 Å². The van der Waals surface area contributed by atoms with Crippen LogP contribution in [0, 0.1) is 6.92 Å². The van der Waals surface area contributed by atoms with Crippen LogP contribution in [0.3, 0.4) is 0 Å². The molecule has 0 amide bonds. The smallest absolute Gasteiger partial charge is 0.166 e. The van der Waals surface area contributed by atoms with Gasteiger partial charge in [0.2, 0.25) is 0 Å². The summed E-state index contributed by atoms with van der Waals surface area (Å²) in [5, 5.41) is 39.0. The van der Waals surface area contributed by atoms with Crippen LogP contribution in [-0.4, -0.2) is 51.6 Å². The monoisotopic (exact) mass is 255 g/mol. The summed E-state index contributed by atoms with van der Waals surface area (Å²) in [6.07, 6.45) is 0. The summed E-state index contributed by atoms with van der Waals surface area (Å²) in [5.74, 6) is -1.55. The zero-order valence-corrected chi connectivity index (χ0v) is 10.2. The van der Waals surface area contributed by atoms with E-state index in [1.807, 2.05) is 4.90 Å². The molecular weight excluding hydrogens is 238 g/mol. The van der Waals surface area contributed by atoms with Crippen molar-refractivity contribution in [1.82, 2.24) is 4.90 Å². The number of morpholine rings is 1. The van der Waals surface area contributed by atoms with E-state index in [1.54, 1.807) is 0 Å². The number of hydrogen-bond acceptors (Lipinski definition) is 6. The summed E-state index contributed by atoms with van der Waals surface area (Å²) in [5.41, 5.74) is 0.202. The molecule has 0 radical (unpaired) electrons. The van der Waals surface area contributed by atoms with Gasteiger partial charge in [0.25, 0.3) is 0 Å². The Morgan fingerprint density at radius 2 is 1.44 bits per heavy atom. The number of nitrogens with zero attached hydrogens (tertiary/aromatic N) is 1. The maximum Gasteiger partial charge on any atom is 0.166 e. The second-order valence-electron chi connectivity index (χ2n) is 4.39. The molecule has 1 aromatic carbocycles. The SMILES string of the molecule is Cc1c(O)c(O)c(CN2CCOCC2)c(O)c1O. The van der Waals surface area contributed by atoms with Gasteiger partial charge in [-0.25, -0.2) is 0 Å². The molecule has 1 heterocycles. The molecule has 18 heavy (non-hydrogen) atoms. The highest BCUT2D eigenvalue weighted by Crippen LogP contribution is 2.46. The van der Waals surface area contributed by atoms with Crippen molar-refractivity contribution >= 4 is 0 Å². The van der Waals surface area contributed by atoms with Crippen LogP contribution >= 0.6 is 0 Å². The van der Waals surface area contributed by atoms with Gasteiger partial charge in [0.05, 0.1) is 18.8 Å². The first-order valence-electron chi connectivity index (χ1n) is 5.77. The predicted molar refractivity (Wildman–Crippen MR) is 63.9 cm³/mol. The Kier molecular flexibility index (Phi) is 3.49. The molecule has 1 aliphatic heterocycles. The lowest BCUT2D eigenvalue weighted by Crippen LogP contribution is -2.35. The molecule has 0 aromatic heterocycles. The second-order valence-corrected chi connectivity index (χ2v) is 4.39. The molecule has 6 nitrogen and oxygen atoms in total. The maximum absolute atomic E-state index is 9.84. The number of hydrogen-bond donors (Lipinski definition) is 4. The fourth-order valence-corrected chi connectivity index (χ4v) is 2.00. The lowest BCUT2D eigenvalue weighted by molar-refractivity contribution is 0.0335. The van der Waals surface area contributed by atoms with E-state index in [0.29, 0.717) is 26.3 Å². The largest absolute Gasteiger partial charge is 0.504 e. The van der Waals surface area contributed by atoms with E-state index in [4.69, 9.17) is 4.74 Å². The molecule has 1 aliphatic rings. The van der Waals surface area contributed by atoms with E-state index in [1.165, 1.54) is 6.92 Å². The topological polar surface area (TPSA) is 93.4 Å². The summed E-state index contributed by atoms with van der Waals surface area (Å²) in [4.78, 5) is 1.96. The van der Waals surface area contributed by atoms with E-state index in [9.17, 15) is 20.4 Å². The van der Waals surface area contributed by atoms with Crippen molar-refractivity contribution in [3.05, 3.63) is 11.1 Å². The third-order valence-electron chi connectivity index (χ3n) is 3.22. The fraction of sp³-hybridized carbons (Fsp3) is 0.500. The first-order chi connectivity index (χ1) is 8.52. The van der Waals surface area contributed by atoms with Crippen LogP contribution in [0.5, 0.6) is 23.0 Å². The molecule has 1 saturated heterocycles. The van der Waals surface area contributed by atoms with Crippen LogP contribution in [0.25, 0.3) is 0 Å². The van der Waals surface area contributed by atoms with Crippen LogP contribution in [0.1, 0.15) is 11.1 Å². The highest BCUT2D eigenvalue weighted by atomic mass is 16.5. The quantitative estimate of drug-likeness (QED) is 0.458. The second kappa shape index (κ2) is 4.91. The molecule has 0 atom stereocenters. The molecule has 4 N–H and O–H groups in total. The van der Waals surface area contributed by atoms with E-state index in [2.05, 4.69) is 0 Å². The Bertz CT molecular complexity index is 425. The van der Waals surface area contributed by atoms with Gasteiger partial charge in [-0.3, -0.25) is 4.90 Å². The fourth-order valence-electron chi connectivity index (χ4n) is 2.00. The summed E-state index contributed by atoms with van der Waals surface area (Å²) in [7, 11) is 0. The third-order valence-corrected chi connectivity index (χ3v) is 3.22. The Balaban J connectivity index is 2.32. The standard InChI is InChI=1S/C12H17NO5/c1-7-9(14)11(16)8(12(17)10(7)15)6-13-2-4-18-5-3-13/h14-17H,2-6H2,1H3. The van der Waals surface area contributed by atoms with Crippen LogP contribution in [0.15, 0.2) is 0 Å². The van der Waals surface area contributed by atoms with Crippen LogP contribution in [0.2, 0.25) is 0 Å². The molecule has 0 spiro atoms. The first kappa shape index (κ1) is 12.8. The van der Waals surface area contributed by atoms with Crippen molar-refractivity contribution < 1.29 is 25.2 Å². The summed E-state index contributed by atoms with van der Waals surface area (Å²) in [6.45, 7) is 4.20. The Labute approximate surface area is 105 Å². The van der Waals surface area contributed by atoms with Crippen molar-refractivity contribution in [2.24, 2.45) is 0 Å². The number of phenolic OH excluding ortho intramolecular Hbond substituents is 4. The molecule has 1 aromatic rings. The molecule has 0 saturated carbocycles. The van der Waals surface area contributed by atoms with E-state index in [-0.39, 0.29) is 29.2 Å². The van der Waals surface area contributed by atoms with Gasteiger partial charge >= 0.3 is 0 Å². The molecule has 6 heteroatoms. The van der Waals surface area contributed by atoms with Crippen molar-refractivity contribution in [3.8, 4) is 23.0 Å². The molecule has 100 valence electrons. The maximum atomic E-state index is 9.84. The minimum Gasteiger partial charge on any atom is -0.504 e. The van der Waals surface area contributed by atoms with Crippen LogP contribution in [0.4, 0.5) is 0 Å². The van der Waals surface area contributed by atoms with Gasteiger partial charge in [0, 0.05) is 25.2 Å². The van der Waals surface area contributed by atoms with Crippen molar-refractivity contribution in [2.75, 3.05) is 26.3 Å². The average Bonchev–Trinajstić information content (AvgIpc) is 2.40. The predicted octanol–water partition coefficient (Wildman–Crippen LogP) is 0.650. The number of benzene rings is 1. The van der Waals surface area contributed by atoms with Gasteiger partial charge in [0.15, 0.2) is 23.0 Å². The highest BCUT2D eigenvalue weighted by Gasteiger charge is 2.23. The summed E-state index contributed by atoms with van der Waals surface area (Å²) < 4.78 is 5.20. The van der Waals surface area contributed by atoms with Crippen molar-refractivity contribution in [1.29, 1.82) is 0 Å². The van der Waals surface area contributed by atoms with E-state index >= 15 is 0 Å². The number of rotatable bonds is 2. The van der Waals surface area contributed by atoms with Gasteiger partial charge in [-0.15, -0.1) is 0 Å². The number of aromatic hydroxyl groups is 4. The Hall–Kier alpha value is -1.66. The average molecular weight is 255 g/mol. The molecule has 2 rings (SSSR count). The molecule has 0 aliphatic carbocycles. The van der Waals surface area contributed by atoms with Crippen molar-refractivity contribution in [2.45, 2.75) is 13.5 Å². The van der Waals surface area contributed by atoms with Gasteiger partial charge in [-0.05, 0) is 6.92 Å². The molecular formula is C12H17NO5. The zero-order valence-electron chi connectivity index (χ0n) is 10.2. The van der Waals surface area contributed by atoms with Gasteiger partial charge in [-0.2, -0.15) is 0 Å². The minimum absolute atomic E-state index is 0.0655. The highest BCUT2D eigenvalue weighted by molar-refractivity contribution is 5.63. The zero-order chi connectivity index (χ0) is 13.3. The molecule has 0 bridgehead atoms. The normalized spacial score (nSPS) is 16.9.